The Morgan fingerprint density at radius 2 is 1.03 bits per heavy atom. The molecule has 2 aromatic rings. The van der Waals surface area contributed by atoms with E-state index in [-0.39, 0.29) is 24.0 Å². The standard InChI is InChI=1S/C24H14N8O4/c33-21-29-11-13-36-20(29)26-18-28-24(16-9-5-2-6-10-16)23(31(18)21,15-7-3-1-4-8-15)27-17-25-19-30(12-14-35-19)22(34)32(17)24/h1-14H/t23-,24-/m1/s1. The lowest BCUT2D eigenvalue weighted by atomic mass is 9.81. The number of benzene rings is 2. The molecular formula is C24H14N8O4. The van der Waals surface area contributed by atoms with Gasteiger partial charge in [0.05, 0.1) is 12.4 Å². The highest BCUT2D eigenvalue weighted by molar-refractivity contribution is 6.18. The van der Waals surface area contributed by atoms with Crippen molar-refractivity contribution in [2.24, 2.45) is 20.0 Å². The molecule has 0 N–H and O–H groups in total. The summed E-state index contributed by atoms with van der Waals surface area (Å²) in [6, 6.07) is 17.7. The van der Waals surface area contributed by atoms with Crippen LogP contribution in [-0.2, 0) is 20.8 Å². The molecule has 0 spiro atoms. The molecule has 0 saturated carbocycles. The third-order valence-corrected chi connectivity index (χ3v) is 6.77. The predicted molar refractivity (Wildman–Crippen MR) is 125 cm³/mol. The molecule has 0 radical (unpaired) electrons. The normalized spacial score (nSPS) is 28.4. The second-order valence-electron chi connectivity index (χ2n) is 8.47. The van der Waals surface area contributed by atoms with Crippen LogP contribution < -0.4 is 0 Å². The Kier molecular flexibility index (Phi) is 3.31. The Balaban J connectivity index is 1.50. The van der Waals surface area contributed by atoms with Crippen molar-refractivity contribution < 1.29 is 19.1 Å². The number of guanidine groups is 2. The van der Waals surface area contributed by atoms with Gasteiger partial charge in [0.1, 0.15) is 12.5 Å². The molecule has 12 heteroatoms. The number of hydrogen-bond acceptors (Lipinski definition) is 8. The zero-order chi connectivity index (χ0) is 24.1. The summed E-state index contributed by atoms with van der Waals surface area (Å²) in [5.41, 5.74) is -1.89. The highest BCUT2D eigenvalue weighted by Gasteiger charge is 2.75. The third kappa shape index (κ3) is 1.98. The second kappa shape index (κ2) is 6.24. The molecule has 2 aromatic carbocycles. The van der Waals surface area contributed by atoms with Crippen molar-refractivity contribution in [3.63, 3.8) is 0 Å². The summed E-state index contributed by atoms with van der Waals surface area (Å²) in [4.78, 5) is 52.4. The maximum absolute atomic E-state index is 14.0. The molecule has 0 unspecified atom stereocenters. The van der Waals surface area contributed by atoms with E-state index in [1.165, 1.54) is 44.5 Å². The number of carbonyl (C=O) groups is 2. The number of hydrogen-bond donors (Lipinski definition) is 0. The monoisotopic (exact) mass is 478 g/mol. The van der Waals surface area contributed by atoms with E-state index < -0.39 is 23.4 Å². The number of nitrogens with zero attached hydrogens (tertiary/aromatic N) is 8. The van der Waals surface area contributed by atoms with Crippen molar-refractivity contribution in [3.8, 4) is 0 Å². The van der Waals surface area contributed by atoms with Crippen molar-refractivity contribution in [2.45, 2.75) is 11.3 Å². The first-order chi connectivity index (χ1) is 17.6. The van der Waals surface area contributed by atoms with Gasteiger partial charge in [-0.15, -0.1) is 0 Å². The topological polar surface area (TPSA) is 115 Å². The predicted octanol–water partition coefficient (Wildman–Crippen LogP) is 2.62. The van der Waals surface area contributed by atoms with Crippen LogP contribution >= 0.6 is 0 Å². The fraction of sp³-hybridized carbons (Fsp3) is 0.0833. The summed E-state index contributed by atoms with van der Waals surface area (Å²) >= 11 is 0. The maximum atomic E-state index is 14.0. The smallest absolute Gasteiger partial charge is 0.341 e. The van der Waals surface area contributed by atoms with Crippen molar-refractivity contribution >= 4 is 36.0 Å². The van der Waals surface area contributed by atoms with Crippen molar-refractivity contribution in [2.75, 3.05) is 0 Å². The molecule has 6 aliphatic heterocycles. The molecule has 4 amide bonds. The fourth-order valence-corrected chi connectivity index (χ4v) is 5.36. The van der Waals surface area contributed by atoms with Crippen LogP contribution in [0.5, 0.6) is 0 Å². The van der Waals surface area contributed by atoms with Gasteiger partial charge in [0.25, 0.3) is 0 Å². The van der Waals surface area contributed by atoms with Crippen LogP contribution in [-0.4, -0.2) is 55.6 Å². The van der Waals surface area contributed by atoms with Crippen LogP contribution in [0, 0.1) is 0 Å². The van der Waals surface area contributed by atoms with Gasteiger partial charge in [-0.2, -0.15) is 9.98 Å². The third-order valence-electron chi connectivity index (χ3n) is 6.77. The Hall–Kier alpha value is -5.26. The van der Waals surface area contributed by atoms with Gasteiger partial charge >= 0.3 is 24.1 Å². The SMILES string of the molecule is O=C1N2C=COC2=NC2=N[C@]3(c4ccccc4)N4C(=O)N5C=COC5=NC4=N[C@]3(c3ccccc3)N12. The van der Waals surface area contributed by atoms with E-state index in [0.29, 0.717) is 11.1 Å². The number of amides is 4. The van der Waals surface area contributed by atoms with Crippen molar-refractivity contribution in [3.05, 3.63) is 96.7 Å². The number of fused-ring (bicyclic) bond motifs is 7. The lowest BCUT2D eigenvalue weighted by Gasteiger charge is -2.45. The van der Waals surface area contributed by atoms with E-state index >= 15 is 0 Å². The van der Waals surface area contributed by atoms with Gasteiger partial charge in [0, 0.05) is 11.1 Å². The van der Waals surface area contributed by atoms with Crippen LogP contribution in [0.25, 0.3) is 0 Å². The molecule has 0 saturated heterocycles. The number of carbonyl (C=O) groups excluding carboxylic acids is 2. The van der Waals surface area contributed by atoms with E-state index in [1.807, 2.05) is 60.7 Å². The number of ether oxygens (including phenoxy) is 2. The average Bonchev–Trinajstić information content (AvgIpc) is 3.67. The van der Waals surface area contributed by atoms with Gasteiger partial charge in [-0.3, -0.25) is 0 Å². The van der Waals surface area contributed by atoms with Crippen LogP contribution in [0.2, 0.25) is 0 Å². The zero-order valence-electron chi connectivity index (χ0n) is 18.3. The van der Waals surface area contributed by atoms with Gasteiger partial charge in [-0.25, -0.2) is 39.2 Å². The molecular weight excluding hydrogens is 464 g/mol. The first kappa shape index (κ1) is 19.1. The lowest BCUT2D eigenvalue weighted by Crippen LogP contribution is -2.64. The minimum atomic E-state index is -1.56. The Morgan fingerprint density at radius 3 is 1.44 bits per heavy atom. The average molecular weight is 478 g/mol. The summed E-state index contributed by atoms with van der Waals surface area (Å²) in [7, 11) is 0. The van der Waals surface area contributed by atoms with E-state index in [2.05, 4.69) is 9.98 Å². The maximum Gasteiger partial charge on any atom is 0.341 e. The molecule has 0 aromatic heterocycles. The fourth-order valence-electron chi connectivity index (χ4n) is 5.36. The quantitative estimate of drug-likeness (QED) is 0.660. The molecule has 0 fully saturated rings. The molecule has 36 heavy (non-hydrogen) atoms. The minimum absolute atomic E-state index is 0.0706. The number of rotatable bonds is 2. The van der Waals surface area contributed by atoms with E-state index in [4.69, 9.17) is 19.5 Å². The lowest BCUT2D eigenvalue weighted by molar-refractivity contribution is 0.0578. The minimum Gasteiger partial charge on any atom is -0.431 e. The largest absolute Gasteiger partial charge is 0.431 e. The number of urea groups is 2. The molecule has 0 aliphatic carbocycles. The molecule has 6 aliphatic rings. The van der Waals surface area contributed by atoms with Crippen molar-refractivity contribution in [1.29, 1.82) is 0 Å². The Morgan fingerprint density at radius 1 is 0.611 bits per heavy atom. The van der Waals surface area contributed by atoms with Gasteiger partial charge in [-0.05, 0) is 0 Å². The zero-order valence-corrected chi connectivity index (χ0v) is 18.3. The first-order valence-corrected chi connectivity index (χ1v) is 11.1. The summed E-state index contributed by atoms with van der Waals surface area (Å²) in [5, 5.41) is 0. The highest BCUT2D eigenvalue weighted by atomic mass is 16.5. The van der Waals surface area contributed by atoms with Crippen molar-refractivity contribution in [1.82, 2.24) is 19.6 Å². The van der Waals surface area contributed by atoms with Crippen LogP contribution in [0.4, 0.5) is 9.59 Å². The van der Waals surface area contributed by atoms with E-state index in [0.717, 1.165) is 0 Å². The van der Waals surface area contributed by atoms with Gasteiger partial charge < -0.3 is 9.47 Å². The molecule has 0 bridgehead atoms. The van der Waals surface area contributed by atoms with Crippen LogP contribution in [0.1, 0.15) is 11.1 Å². The van der Waals surface area contributed by atoms with Crippen LogP contribution in [0.15, 0.2) is 106 Å². The molecule has 6 heterocycles. The summed E-state index contributed by atoms with van der Waals surface area (Å²) < 4.78 is 10.8. The van der Waals surface area contributed by atoms with E-state index in [1.54, 1.807) is 0 Å². The van der Waals surface area contributed by atoms with Gasteiger partial charge in [0.15, 0.2) is 0 Å². The Labute approximate surface area is 203 Å². The summed E-state index contributed by atoms with van der Waals surface area (Å²) in [5.74, 6) is 0.141. The molecule has 174 valence electrons. The van der Waals surface area contributed by atoms with Gasteiger partial charge in [-0.1, -0.05) is 60.7 Å². The van der Waals surface area contributed by atoms with E-state index in [9.17, 15) is 9.59 Å². The molecule has 8 rings (SSSR count). The number of amidine groups is 2. The van der Waals surface area contributed by atoms with Crippen LogP contribution in [0.3, 0.4) is 0 Å². The van der Waals surface area contributed by atoms with Gasteiger partial charge in [0.2, 0.25) is 23.2 Å². The first-order valence-electron chi connectivity index (χ1n) is 11.1. The molecule has 2 atom stereocenters. The number of aliphatic imine (C=N–C) groups is 4. The molecule has 12 nitrogen and oxygen atoms in total. The highest BCUT2D eigenvalue weighted by Crippen LogP contribution is 2.60. The second-order valence-corrected chi connectivity index (χ2v) is 8.47. The summed E-state index contributed by atoms with van der Waals surface area (Å²) in [6.07, 6.45) is 5.70. The Bertz CT molecular complexity index is 1450. The summed E-state index contributed by atoms with van der Waals surface area (Å²) in [6.45, 7) is 0.